The van der Waals surface area contributed by atoms with E-state index >= 15 is 0 Å². The molecule has 0 fully saturated rings. The van der Waals surface area contributed by atoms with Crippen molar-refractivity contribution in [1.82, 2.24) is 0 Å². The molecule has 0 aliphatic rings. The highest BCUT2D eigenvalue weighted by atomic mass is 33.1. The molecule has 0 bridgehead atoms. The second kappa shape index (κ2) is 13.6. The molecule has 0 amide bonds. The third-order valence-electron chi connectivity index (χ3n) is 1.98. The van der Waals surface area contributed by atoms with Crippen molar-refractivity contribution in [2.75, 3.05) is 31.1 Å². The highest BCUT2D eigenvalue weighted by Gasteiger charge is 1.97. The molecule has 0 spiro atoms. The summed E-state index contributed by atoms with van der Waals surface area (Å²) in [7, 11) is 3.84. The Labute approximate surface area is 113 Å². The first-order valence-electron chi connectivity index (χ1n) is 5.95. The fourth-order valence-corrected chi connectivity index (χ4v) is 2.88. The van der Waals surface area contributed by atoms with Crippen LogP contribution in [0.3, 0.4) is 0 Å². The maximum absolute atomic E-state index is 3.92. The summed E-state index contributed by atoms with van der Waals surface area (Å²) < 4.78 is 2.09. The zero-order valence-corrected chi connectivity index (χ0v) is 12.5. The molecule has 96 valence electrons. The van der Waals surface area contributed by atoms with Crippen LogP contribution >= 0.6 is 21.6 Å². The molecular weight excluding hydrogens is 248 g/mol. The Bertz CT molecular complexity index is 271. The molecule has 0 rings (SSSR count). The highest BCUT2D eigenvalue weighted by Crippen LogP contribution is 2.18. The zero-order chi connectivity index (χ0) is 12.8. The smallest absolute Gasteiger partial charge is 0.161 e. The van der Waals surface area contributed by atoms with Gasteiger partial charge in [-0.15, -0.1) is 0 Å². The Balaban J connectivity index is 3.26. The quantitative estimate of drug-likeness (QED) is 0.213. The van der Waals surface area contributed by atoms with E-state index in [9.17, 15) is 0 Å². The molecule has 17 heavy (non-hydrogen) atoms. The van der Waals surface area contributed by atoms with Gasteiger partial charge in [0.05, 0.1) is 11.5 Å². The lowest BCUT2D eigenvalue weighted by Gasteiger charge is -1.97. The Hall–Kier alpha value is -0.480. The van der Waals surface area contributed by atoms with Gasteiger partial charge in [-0.1, -0.05) is 39.8 Å². The molecule has 0 atom stereocenters. The van der Waals surface area contributed by atoms with Crippen molar-refractivity contribution >= 4 is 34.5 Å². The van der Waals surface area contributed by atoms with E-state index < -0.39 is 0 Å². The van der Waals surface area contributed by atoms with Gasteiger partial charge in [-0.25, -0.2) is 9.57 Å². The fraction of sp³-hybridized carbons (Fsp3) is 0.538. The minimum Gasteiger partial charge on any atom is -0.247 e. The molecule has 0 aromatic carbocycles. The van der Waals surface area contributed by atoms with Crippen molar-refractivity contribution in [2.45, 2.75) is 13.8 Å². The Morgan fingerprint density at radius 2 is 1.94 bits per heavy atom. The van der Waals surface area contributed by atoms with E-state index in [1.807, 2.05) is 59.0 Å². The first-order chi connectivity index (χ1) is 8.31. The summed E-state index contributed by atoms with van der Waals surface area (Å²) in [5, 5.41) is 0. The maximum atomic E-state index is 3.92. The number of nitrogens with zero attached hydrogens (tertiary/aromatic N) is 1. The zero-order valence-electron chi connectivity index (χ0n) is 10.9. The van der Waals surface area contributed by atoms with Crippen molar-refractivity contribution in [3.05, 3.63) is 24.3 Å². The molecule has 0 aliphatic carbocycles. The second-order valence-electron chi connectivity index (χ2n) is 3.39. The van der Waals surface area contributed by atoms with Crippen LogP contribution < -0.4 is 4.99 Å². The van der Waals surface area contributed by atoms with Crippen LogP contribution in [0.15, 0.2) is 24.3 Å². The molecule has 0 aromatic rings. The van der Waals surface area contributed by atoms with E-state index in [2.05, 4.69) is 23.2 Å². The molecule has 0 saturated carbocycles. The predicted molar refractivity (Wildman–Crippen MR) is 83.6 cm³/mol. The van der Waals surface area contributed by atoms with E-state index in [1.54, 1.807) is 0 Å². The van der Waals surface area contributed by atoms with Crippen molar-refractivity contribution in [3.63, 3.8) is 0 Å². The minimum absolute atomic E-state index is 1.01. The molecule has 0 aliphatic heterocycles. The molecular formula is C13H24N2S2+2. The molecule has 0 unspecified atom stereocenters. The second-order valence-corrected chi connectivity index (χ2v) is 6.09. The van der Waals surface area contributed by atoms with Crippen LogP contribution in [0.5, 0.6) is 0 Å². The van der Waals surface area contributed by atoms with Gasteiger partial charge < -0.3 is 0 Å². The average Bonchev–Trinajstić information content (AvgIpc) is 2.35. The Morgan fingerprint density at radius 1 is 1.18 bits per heavy atom. The standard InChI is InChI=1S/C13H23N2S2/c1-4-6-7-8-9-14-10-12-16-17-13-11-15(3)5-2/h4,6-9H,3,5,10-13H2,1-2H3/q+1/p+1/b6-4+,8-7-,14-9?. The van der Waals surface area contributed by atoms with Crippen LogP contribution in [-0.4, -0.2) is 48.6 Å². The largest absolute Gasteiger partial charge is 0.247 e. The normalized spacial score (nSPS) is 12.1. The van der Waals surface area contributed by atoms with Gasteiger partial charge in [0.15, 0.2) is 19.3 Å². The summed E-state index contributed by atoms with van der Waals surface area (Å²) in [6.07, 6.45) is 10.0. The highest BCUT2D eigenvalue weighted by molar-refractivity contribution is 8.76. The van der Waals surface area contributed by atoms with Gasteiger partial charge in [0.2, 0.25) is 0 Å². The lowest BCUT2D eigenvalue weighted by Crippen LogP contribution is -2.69. The van der Waals surface area contributed by atoms with E-state index in [1.165, 1.54) is 0 Å². The molecule has 0 aromatic heterocycles. The first kappa shape index (κ1) is 16.5. The summed E-state index contributed by atoms with van der Waals surface area (Å²) in [6, 6.07) is 0. The number of hydrogen-bond acceptors (Lipinski definition) is 2. The third kappa shape index (κ3) is 13.5. The van der Waals surface area contributed by atoms with Crippen molar-refractivity contribution in [1.29, 1.82) is 0 Å². The van der Waals surface area contributed by atoms with Gasteiger partial charge in [0.1, 0.15) is 13.3 Å². The lowest BCUT2D eigenvalue weighted by atomic mass is 10.4. The third-order valence-corrected chi connectivity index (χ3v) is 4.37. The van der Waals surface area contributed by atoms with Crippen LogP contribution in [0, 0.1) is 0 Å². The van der Waals surface area contributed by atoms with Gasteiger partial charge in [0, 0.05) is 6.08 Å². The molecule has 1 N–H and O–H groups in total. The number of hydrogen-bond donors (Lipinski definition) is 1. The van der Waals surface area contributed by atoms with Crippen molar-refractivity contribution in [2.24, 2.45) is 0 Å². The maximum Gasteiger partial charge on any atom is 0.161 e. The van der Waals surface area contributed by atoms with Gasteiger partial charge >= 0.3 is 0 Å². The van der Waals surface area contributed by atoms with E-state index in [4.69, 9.17) is 0 Å². The monoisotopic (exact) mass is 272 g/mol. The first-order valence-corrected chi connectivity index (χ1v) is 8.44. The van der Waals surface area contributed by atoms with Crippen LogP contribution in [0.2, 0.25) is 0 Å². The Morgan fingerprint density at radius 3 is 2.65 bits per heavy atom. The predicted octanol–water partition coefficient (Wildman–Crippen LogP) is 1.38. The lowest BCUT2D eigenvalue weighted by molar-refractivity contribution is -0.510. The fourth-order valence-electron chi connectivity index (χ4n) is 0.925. The average molecular weight is 272 g/mol. The van der Waals surface area contributed by atoms with Gasteiger partial charge in [-0.05, 0) is 13.8 Å². The Kier molecular flexibility index (Phi) is 13.2. The molecule has 4 heteroatoms. The summed E-state index contributed by atoms with van der Waals surface area (Å²) >= 11 is 0. The van der Waals surface area contributed by atoms with Crippen molar-refractivity contribution < 1.29 is 9.57 Å². The van der Waals surface area contributed by atoms with Crippen LogP contribution in [0.1, 0.15) is 13.8 Å². The SMILES string of the molecule is C=[N+](CC)CCSSCC[NH+]=C/C=C\C=C\C. The molecule has 0 heterocycles. The summed E-state index contributed by atoms with van der Waals surface area (Å²) in [6.45, 7) is 11.2. The summed E-state index contributed by atoms with van der Waals surface area (Å²) in [5.41, 5.74) is 0. The summed E-state index contributed by atoms with van der Waals surface area (Å²) in [4.78, 5) is 3.25. The topological polar surface area (TPSA) is 17.0 Å². The van der Waals surface area contributed by atoms with E-state index in [-0.39, 0.29) is 0 Å². The van der Waals surface area contributed by atoms with Gasteiger partial charge in [0.25, 0.3) is 0 Å². The molecule has 2 nitrogen and oxygen atoms in total. The van der Waals surface area contributed by atoms with Gasteiger partial charge in [-0.2, -0.15) is 0 Å². The number of nitrogens with one attached hydrogen (secondary N) is 1. The molecule has 0 radical (unpaired) electrons. The van der Waals surface area contributed by atoms with Crippen LogP contribution in [-0.2, 0) is 0 Å². The minimum atomic E-state index is 1.01. The van der Waals surface area contributed by atoms with Crippen LogP contribution in [0.25, 0.3) is 0 Å². The van der Waals surface area contributed by atoms with Crippen molar-refractivity contribution in [3.8, 4) is 0 Å². The van der Waals surface area contributed by atoms with Gasteiger partial charge in [-0.3, -0.25) is 0 Å². The number of allylic oxidation sites excluding steroid dienone is 4. The van der Waals surface area contributed by atoms with E-state index in [0.29, 0.717) is 0 Å². The molecule has 0 saturated heterocycles. The van der Waals surface area contributed by atoms with Crippen LogP contribution in [0.4, 0.5) is 0 Å². The van der Waals surface area contributed by atoms with E-state index in [0.717, 1.165) is 31.1 Å². The summed E-state index contributed by atoms with van der Waals surface area (Å²) in [5.74, 6) is 2.27. The number of rotatable bonds is 10.